The van der Waals surface area contributed by atoms with E-state index >= 15 is 0 Å². The Balaban J connectivity index is 1.42. The number of hydrogen-bond acceptors (Lipinski definition) is 7. The molecule has 0 bridgehead atoms. The molecule has 12 heteroatoms. The van der Waals surface area contributed by atoms with Crippen molar-refractivity contribution in [3.05, 3.63) is 69.8 Å². The zero-order valence-electron chi connectivity index (χ0n) is 21.3. The van der Waals surface area contributed by atoms with Crippen LogP contribution >= 0.6 is 11.3 Å². The maximum Gasteiger partial charge on any atom is 0.258 e. The Morgan fingerprint density at radius 1 is 1.00 bits per heavy atom. The summed E-state index contributed by atoms with van der Waals surface area (Å²) >= 11 is 1.34. The fraction of sp³-hybridized carbons (Fsp3) is 0.333. The zero-order chi connectivity index (χ0) is 27.6. The van der Waals surface area contributed by atoms with Crippen molar-refractivity contribution in [2.45, 2.75) is 30.6 Å². The van der Waals surface area contributed by atoms with Gasteiger partial charge in [0.05, 0.1) is 25.9 Å². The average molecular weight is 574 g/mol. The first-order valence-corrected chi connectivity index (χ1v) is 14.8. The van der Waals surface area contributed by atoms with Gasteiger partial charge < -0.3 is 20.1 Å². The monoisotopic (exact) mass is 573 g/mol. The van der Waals surface area contributed by atoms with Crippen LogP contribution in [-0.4, -0.2) is 58.0 Å². The lowest BCUT2D eigenvalue weighted by Gasteiger charge is -2.26. The number of benzene rings is 2. The fourth-order valence-corrected chi connectivity index (χ4v) is 7.49. The van der Waals surface area contributed by atoms with Crippen LogP contribution in [0.25, 0.3) is 0 Å². The Kier molecular flexibility index (Phi) is 7.98. The van der Waals surface area contributed by atoms with Gasteiger partial charge in [-0.3, -0.25) is 9.59 Å². The molecule has 0 saturated carbocycles. The van der Waals surface area contributed by atoms with E-state index in [1.807, 2.05) is 0 Å². The number of aryl methyl sites for hydroxylation is 1. The van der Waals surface area contributed by atoms with E-state index in [0.717, 1.165) is 46.1 Å². The number of fused-ring (bicyclic) bond motifs is 1. The molecule has 1 saturated heterocycles. The molecule has 2 aromatic carbocycles. The Hall–Kier alpha value is -3.32. The summed E-state index contributed by atoms with van der Waals surface area (Å²) in [5.74, 6) is -1.28. The van der Waals surface area contributed by atoms with Gasteiger partial charge in [-0.25, -0.2) is 12.8 Å². The van der Waals surface area contributed by atoms with Crippen LogP contribution < -0.4 is 15.4 Å². The van der Waals surface area contributed by atoms with Gasteiger partial charge in [-0.2, -0.15) is 4.31 Å². The number of nitrogens with zero attached hydrogens (tertiary/aromatic N) is 1. The van der Waals surface area contributed by atoms with Crippen molar-refractivity contribution in [2.75, 3.05) is 44.0 Å². The number of carbonyl (C=O) groups is 2. The fourth-order valence-electron chi connectivity index (χ4n) is 4.71. The van der Waals surface area contributed by atoms with Gasteiger partial charge in [-0.05, 0) is 73.7 Å². The zero-order valence-corrected chi connectivity index (χ0v) is 22.9. The molecule has 0 spiro atoms. The number of nitrogens with one attached hydrogen (secondary N) is 2. The number of hydrogen-bond donors (Lipinski definition) is 2. The number of sulfonamides is 1. The molecule has 1 fully saturated rings. The van der Waals surface area contributed by atoms with E-state index in [2.05, 4.69) is 10.6 Å². The minimum absolute atomic E-state index is 0.0314. The van der Waals surface area contributed by atoms with Gasteiger partial charge in [0.2, 0.25) is 10.0 Å². The molecule has 1 aromatic heterocycles. The summed E-state index contributed by atoms with van der Waals surface area (Å²) in [5, 5.41) is 6.06. The Bertz CT molecular complexity index is 1500. The molecular formula is C27H28FN3O6S2. The molecule has 2 amide bonds. The smallest absolute Gasteiger partial charge is 0.258 e. The maximum absolute atomic E-state index is 14.7. The summed E-state index contributed by atoms with van der Waals surface area (Å²) in [6.07, 6.45) is 3.44. The van der Waals surface area contributed by atoms with E-state index in [1.54, 1.807) is 31.4 Å². The van der Waals surface area contributed by atoms with E-state index < -0.39 is 26.6 Å². The standard InChI is InChI=1S/C27H28FN3O6S2/c1-36-19-9-7-18(8-10-19)29-26(33)24-20-4-2-3-5-22(20)38-27(24)30-25(32)17-6-11-21(28)23(16-17)39(34,35)31-12-14-37-15-13-31/h6-11,16H,2-5,12-15H2,1H3,(H,29,33)(H,30,32). The largest absolute Gasteiger partial charge is 0.497 e. The summed E-state index contributed by atoms with van der Waals surface area (Å²) in [7, 11) is -2.60. The topological polar surface area (TPSA) is 114 Å². The number of ether oxygens (including phenoxy) is 2. The second-order valence-corrected chi connectivity index (χ2v) is 12.2. The van der Waals surface area contributed by atoms with Crippen molar-refractivity contribution in [1.29, 1.82) is 0 Å². The van der Waals surface area contributed by atoms with Crippen LogP contribution in [0.1, 0.15) is 44.0 Å². The molecule has 206 valence electrons. The van der Waals surface area contributed by atoms with Crippen molar-refractivity contribution in [1.82, 2.24) is 4.31 Å². The molecule has 0 atom stereocenters. The first-order valence-electron chi connectivity index (χ1n) is 12.6. The number of thiophene rings is 1. The van der Waals surface area contributed by atoms with Crippen LogP contribution in [0.2, 0.25) is 0 Å². The van der Waals surface area contributed by atoms with Crippen LogP contribution in [-0.2, 0) is 27.6 Å². The Labute approximate surface area is 230 Å². The van der Waals surface area contributed by atoms with E-state index in [0.29, 0.717) is 28.4 Å². The highest BCUT2D eigenvalue weighted by atomic mass is 32.2. The van der Waals surface area contributed by atoms with Gasteiger partial charge in [0.1, 0.15) is 21.5 Å². The SMILES string of the molecule is COc1ccc(NC(=O)c2c(NC(=O)c3ccc(F)c(S(=O)(=O)N4CCOCC4)c3)sc3c2CCCC3)cc1. The van der Waals surface area contributed by atoms with Crippen molar-refractivity contribution < 1.29 is 31.9 Å². The van der Waals surface area contributed by atoms with Crippen molar-refractivity contribution in [2.24, 2.45) is 0 Å². The predicted molar refractivity (Wildman–Crippen MR) is 146 cm³/mol. The van der Waals surface area contributed by atoms with Crippen molar-refractivity contribution >= 4 is 43.9 Å². The Morgan fingerprint density at radius 2 is 1.72 bits per heavy atom. The van der Waals surface area contributed by atoms with Crippen LogP contribution in [0.15, 0.2) is 47.4 Å². The van der Waals surface area contributed by atoms with E-state index in [9.17, 15) is 22.4 Å². The van der Waals surface area contributed by atoms with Gasteiger partial charge in [-0.15, -0.1) is 11.3 Å². The number of carbonyl (C=O) groups excluding carboxylic acids is 2. The number of halogens is 1. The highest BCUT2D eigenvalue weighted by Gasteiger charge is 2.31. The second-order valence-electron chi connectivity index (χ2n) is 9.21. The third kappa shape index (κ3) is 5.69. The van der Waals surface area contributed by atoms with Gasteiger partial charge in [-0.1, -0.05) is 0 Å². The van der Waals surface area contributed by atoms with Gasteiger partial charge in [0, 0.05) is 29.2 Å². The molecule has 1 aliphatic heterocycles. The second kappa shape index (κ2) is 11.4. The van der Waals surface area contributed by atoms with Crippen LogP contribution in [0, 0.1) is 5.82 Å². The third-order valence-electron chi connectivity index (χ3n) is 6.75. The van der Waals surface area contributed by atoms with E-state index in [-0.39, 0.29) is 37.8 Å². The molecule has 39 heavy (non-hydrogen) atoms. The third-order valence-corrected chi connectivity index (χ3v) is 9.88. The molecule has 3 aromatic rings. The Morgan fingerprint density at radius 3 is 2.44 bits per heavy atom. The summed E-state index contributed by atoms with van der Waals surface area (Å²) in [6.45, 7) is 0.633. The van der Waals surface area contributed by atoms with Crippen molar-refractivity contribution in [3.8, 4) is 5.75 Å². The highest BCUT2D eigenvalue weighted by molar-refractivity contribution is 7.89. The molecule has 2 heterocycles. The van der Waals surface area contributed by atoms with Gasteiger partial charge >= 0.3 is 0 Å². The molecule has 2 N–H and O–H groups in total. The average Bonchev–Trinajstić information content (AvgIpc) is 3.32. The van der Waals surface area contributed by atoms with E-state index in [1.165, 1.54) is 17.4 Å². The van der Waals surface area contributed by atoms with Gasteiger partial charge in [0.15, 0.2) is 0 Å². The molecule has 2 aliphatic rings. The minimum atomic E-state index is -4.16. The van der Waals surface area contributed by atoms with E-state index in [4.69, 9.17) is 9.47 Å². The summed E-state index contributed by atoms with van der Waals surface area (Å²) in [5.41, 5.74) is 1.84. The van der Waals surface area contributed by atoms with Crippen LogP contribution in [0.3, 0.4) is 0 Å². The van der Waals surface area contributed by atoms with Crippen molar-refractivity contribution in [3.63, 3.8) is 0 Å². The first-order chi connectivity index (χ1) is 18.8. The lowest BCUT2D eigenvalue weighted by Crippen LogP contribution is -2.41. The molecule has 0 radical (unpaired) electrons. The number of anilines is 2. The number of methoxy groups -OCH3 is 1. The molecule has 0 unspecified atom stereocenters. The lowest BCUT2D eigenvalue weighted by molar-refractivity contribution is 0.0729. The quantitative estimate of drug-likeness (QED) is 0.436. The maximum atomic E-state index is 14.7. The molecule has 1 aliphatic carbocycles. The minimum Gasteiger partial charge on any atom is -0.497 e. The highest BCUT2D eigenvalue weighted by Crippen LogP contribution is 2.39. The lowest BCUT2D eigenvalue weighted by atomic mass is 9.95. The predicted octanol–water partition coefficient (Wildman–Crippen LogP) is 4.30. The number of amides is 2. The number of morpholine rings is 1. The summed E-state index contributed by atoms with van der Waals surface area (Å²) < 4.78 is 52.3. The van der Waals surface area contributed by atoms with Crippen LogP contribution in [0.4, 0.5) is 15.1 Å². The number of rotatable bonds is 7. The molecule has 5 rings (SSSR count). The van der Waals surface area contributed by atoms with Gasteiger partial charge in [0.25, 0.3) is 11.8 Å². The first kappa shape index (κ1) is 27.3. The summed E-state index contributed by atoms with van der Waals surface area (Å²) in [4.78, 5) is 27.2. The summed E-state index contributed by atoms with van der Waals surface area (Å²) in [6, 6.07) is 10.2. The molecule has 9 nitrogen and oxygen atoms in total. The molecular weight excluding hydrogens is 545 g/mol. The van der Waals surface area contributed by atoms with Crippen LogP contribution in [0.5, 0.6) is 5.75 Å². The normalized spacial score (nSPS) is 15.8.